The van der Waals surface area contributed by atoms with Gasteiger partial charge in [0.05, 0.1) is 0 Å². The van der Waals surface area contributed by atoms with E-state index in [-0.39, 0.29) is 17.9 Å². The Labute approximate surface area is 135 Å². The van der Waals surface area contributed by atoms with Crippen LogP contribution in [0, 0.1) is 6.92 Å². The molecular formula is C17H22N4O2. The van der Waals surface area contributed by atoms with Gasteiger partial charge < -0.3 is 14.7 Å². The first-order valence-corrected chi connectivity index (χ1v) is 7.97. The van der Waals surface area contributed by atoms with Gasteiger partial charge >= 0.3 is 6.01 Å². The maximum atomic E-state index is 12.5. The number of aryl methyl sites for hydroxylation is 1. The summed E-state index contributed by atoms with van der Waals surface area (Å²) < 4.78 is 5.16. The van der Waals surface area contributed by atoms with E-state index in [1.54, 1.807) is 0 Å². The molecule has 1 aromatic heterocycles. The molecule has 0 bridgehead atoms. The van der Waals surface area contributed by atoms with E-state index in [1.165, 1.54) is 5.56 Å². The quantitative estimate of drug-likeness (QED) is 0.919. The second-order valence-electron chi connectivity index (χ2n) is 6.34. The van der Waals surface area contributed by atoms with Gasteiger partial charge in [0.25, 0.3) is 0 Å². The molecule has 1 aliphatic rings. The highest BCUT2D eigenvalue weighted by atomic mass is 16.5. The van der Waals surface area contributed by atoms with E-state index in [1.807, 2.05) is 18.7 Å². The van der Waals surface area contributed by atoms with E-state index in [0.717, 1.165) is 18.5 Å². The third-order valence-corrected chi connectivity index (χ3v) is 4.05. The average molecular weight is 314 g/mol. The van der Waals surface area contributed by atoms with Gasteiger partial charge in [0.1, 0.15) is 6.04 Å². The van der Waals surface area contributed by atoms with E-state index >= 15 is 0 Å². The van der Waals surface area contributed by atoms with Gasteiger partial charge in [-0.25, -0.2) is 0 Å². The van der Waals surface area contributed by atoms with Crippen LogP contribution in [0.5, 0.6) is 0 Å². The third kappa shape index (κ3) is 3.52. The molecule has 122 valence electrons. The Morgan fingerprint density at radius 2 is 2.09 bits per heavy atom. The number of aromatic nitrogens is 2. The average Bonchev–Trinajstić information content (AvgIpc) is 3.12. The molecule has 0 aliphatic carbocycles. The number of hydrogen-bond donors (Lipinski definition) is 1. The van der Waals surface area contributed by atoms with Crippen LogP contribution in [0.1, 0.15) is 43.1 Å². The van der Waals surface area contributed by atoms with Crippen molar-refractivity contribution >= 4 is 11.9 Å². The lowest BCUT2D eigenvalue weighted by Gasteiger charge is -2.17. The van der Waals surface area contributed by atoms with Crippen LogP contribution in [-0.2, 0) is 11.3 Å². The summed E-state index contributed by atoms with van der Waals surface area (Å²) in [4.78, 5) is 18.6. The van der Waals surface area contributed by atoms with Gasteiger partial charge in [-0.2, -0.15) is 4.98 Å². The Bertz CT molecular complexity index is 678. The molecule has 1 fully saturated rings. The zero-order valence-electron chi connectivity index (χ0n) is 13.7. The summed E-state index contributed by atoms with van der Waals surface area (Å²) in [7, 11) is 0. The highest BCUT2D eigenvalue weighted by molar-refractivity contribution is 5.86. The van der Waals surface area contributed by atoms with Gasteiger partial charge in [-0.1, -0.05) is 48.8 Å². The SMILES string of the molecule is Cc1ccc(CN2CCC(Nc3nc(C(C)C)no3)C2=O)cc1. The Balaban J connectivity index is 1.60. The standard InChI is InChI=1S/C17H22N4O2/c1-11(2)15-19-17(23-20-15)18-14-8-9-21(16(14)22)10-13-6-4-12(3)5-7-13/h4-7,11,14H,8-10H2,1-3H3,(H,18,19,20). The van der Waals surface area contributed by atoms with E-state index in [9.17, 15) is 4.79 Å². The van der Waals surface area contributed by atoms with Gasteiger partial charge in [-0.05, 0) is 18.9 Å². The van der Waals surface area contributed by atoms with E-state index in [4.69, 9.17) is 4.52 Å². The molecule has 6 heteroatoms. The Morgan fingerprint density at radius 3 is 2.74 bits per heavy atom. The minimum absolute atomic E-state index is 0.0786. The minimum Gasteiger partial charge on any atom is -0.336 e. The fourth-order valence-corrected chi connectivity index (χ4v) is 2.62. The summed E-state index contributed by atoms with van der Waals surface area (Å²) in [5.74, 6) is 0.927. The highest BCUT2D eigenvalue weighted by Gasteiger charge is 2.32. The van der Waals surface area contributed by atoms with Gasteiger partial charge in [-0.3, -0.25) is 4.79 Å². The summed E-state index contributed by atoms with van der Waals surface area (Å²) in [5, 5.41) is 6.96. The number of carbonyl (C=O) groups excluding carboxylic acids is 1. The van der Waals surface area contributed by atoms with Crippen LogP contribution < -0.4 is 5.32 Å². The van der Waals surface area contributed by atoms with Crippen molar-refractivity contribution in [3.05, 3.63) is 41.2 Å². The van der Waals surface area contributed by atoms with Crippen molar-refractivity contribution in [1.82, 2.24) is 15.0 Å². The van der Waals surface area contributed by atoms with Gasteiger partial charge in [0.15, 0.2) is 5.82 Å². The van der Waals surface area contributed by atoms with Gasteiger partial charge in [-0.15, -0.1) is 0 Å². The molecule has 0 radical (unpaired) electrons. The van der Waals surface area contributed by atoms with Crippen molar-refractivity contribution in [2.75, 3.05) is 11.9 Å². The van der Waals surface area contributed by atoms with Crippen molar-refractivity contribution in [2.24, 2.45) is 0 Å². The summed E-state index contributed by atoms with van der Waals surface area (Å²) in [6.45, 7) is 7.42. The number of benzene rings is 1. The van der Waals surface area contributed by atoms with Crippen LogP contribution in [0.2, 0.25) is 0 Å². The topological polar surface area (TPSA) is 71.3 Å². The molecule has 0 spiro atoms. The molecular weight excluding hydrogens is 292 g/mol. The zero-order chi connectivity index (χ0) is 16.4. The second kappa shape index (κ2) is 6.40. The fraction of sp³-hybridized carbons (Fsp3) is 0.471. The number of nitrogens with one attached hydrogen (secondary N) is 1. The summed E-state index contributed by atoms with van der Waals surface area (Å²) >= 11 is 0. The van der Waals surface area contributed by atoms with E-state index in [0.29, 0.717) is 18.4 Å². The summed E-state index contributed by atoms with van der Waals surface area (Å²) in [5.41, 5.74) is 2.36. The van der Waals surface area contributed by atoms with E-state index in [2.05, 4.69) is 46.6 Å². The fourth-order valence-electron chi connectivity index (χ4n) is 2.62. The van der Waals surface area contributed by atoms with Crippen molar-refractivity contribution < 1.29 is 9.32 Å². The molecule has 6 nitrogen and oxygen atoms in total. The lowest BCUT2D eigenvalue weighted by atomic mass is 10.1. The Morgan fingerprint density at radius 1 is 1.35 bits per heavy atom. The van der Waals surface area contributed by atoms with Crippen molar-refractivity contribution in [2.45, 2.75) is 45.7 Å². The Kier molecular flexibility index (Phi) is 4.32. The smallest absolute Gasteiger partial charge is 0.322 e. The predicted molar refractivity (Wildman–Crippen MR) is 87.0 cm³/mol. The molecule has 2 heterocycles. The molecule has 1 N–H and O–H groups in total. The predicted octanol–water partition coefficient (Wildman–Crippen LogP) is 2.71. The molecule has 1 atom stereocenters. The van der Waals surface area contributed by atoms with E-state index < -0.39 is 0 Å². The lowest BCUT2D eigenvalue weighted by molar-refractivity contribution is -0.128. The zero-order valence-corrected chi connectivity index (χ0v) is 13.7. The molecule has 3 rings (SSSR count). The van der Waals surface area contributed by atoms with Gasteiger partial charge in [0.2, 0.25) is 5.91 Å². The monoisotopic (exact) mass is 314 g/mol. The molecule has 1 unspecified atom stereocenters. The third-order valence-electron chi connectivity index (χ3n) is 4.05. The first kappa shape index (κ1) is 15.5. The van der Waals surface area contributed by atoms with Crippen LogP contribution in [0.4, 0.5) is 6.01 Å². The number of amides is 1. The van der Waals surface area contributed by atoms with Crippen LogP contribution in [0.3, 0.4) is 0 Å². The number of rotatable bonds is 5. The first-order chi connectivity index (χ1) is 11.0. The lowest BCUT2D eigenvalue weighted by Crippen LogP contribution is -2.33. The van der Waals surface area contributed by atoms with Crippen LogP contribution in [0.15, 0.2) is 28.8 Å². The molecule has 1 saturated heterocycles. The largest absolute Gasteiger partial charge is 0.336 e. The molecule has 2 aromatic rings. The number of carbonyl (C=O) groups is 1. The number of likely N-dealkylation sites (tertiary alicyclic amines) is 1. The molecule has 1 aliphatic heterocycles. The minimum atomic E-state index is -0.291. The van der Waals surface area contributed by atoms with Crippen LogP contribution in [0.25, 0.3) is 0 Å². The van der Waals surface area contributed by atoms with Crippen LogP contribution >= 0.6 is 0 Å². The molecule has 1 amide bonds. The normalized spacial score (nSPS) is 18.0. The first-order valence-electron chi connectivity index (χ1n) is 7.97. The maximum Gasteiger partial charge on any atom is 0.322 e. The number of nitrogens with zero attached hydrogens (tertiary/aromatic N) is 3. The van der Waals surface area contributed by atoms with Crippen LogP contribution in [-0.4, -0.2) is 33.5 Å². The van der Waals surface area contributed by atoms with Crippen molar-refractivity contribution in [1.29, 1.82) is 0 Å². The number of anilines is 1. The maximum absolute atomic E-state index is 12.5. The molecule has 0 saturated carbocycles. The summed E-state index contributed by atoms with van der Waals surface area (Å²) in [6.07, 6.45) is 0.740. The molecule has 23 heavy (non-hydrogen) atoms. The highest BCUT2D eigenvalue weighted by Crippen LogP contribution is 2.20. The van der Waals surface area contributed by atoms with Crippen molar-refractivity contribution in [3.8, 4) is 0 Å². The second-order valence-corrected chi connectivity index (χ2v) is 6.34. The summed E-state index contributed by atoms with van der Waals surface area (Å²) in [6, 6.07) is 8.30. The van der Waals surface area contributed by atoms with Crippen molar-refractivity contribution in [3.63, 3.8) is 0 Å². The van der Waals surface area contributed by atoms with Gasteiger partial charge in [0, 0.05) is 19.0 Å². The Hall–Kier alpha value is -2.37. The number of hydrogen-bond acceptors (Lipinski definition) is 5. The molecule has 1 aromatic carbocycles.